The van der Waals surface area contributed by atoms with Gasteiger partial charge in [-0.05, 0) is 48.4 Å². The average molecular weight is 512 g/mol. The van der Waals surface area contributed by atoms with Crippen LogP contribution < -0.4 is 15.8 Å². The summed E-state index contributed by atoms with van der Waals surface area (Å²) in [7, 11) is 0. The number of anilines is 2. The van der Waals surface area contributed by atoms with Crippen molar-refractivity contribution in [1.29, 1.82) is 0 Å². The van der Waals surface area contributed by atoms with Crippen LogP contribution in [0, 0.1) is 6.92 Å². The van der Waals surface area contributed by atoms with Crippen LogP contribution in [-0.4, -0.2) is 59.1 Å². The fourth-order valence-electron chi connectivity index (χ4n) is 4.52. The number of H-pyrrole nitrogens is 2. The molecule has 4 N–H and O–H groups in total. The lowest BCUT2D eigenvalue weighted by atomic mass is 10.1. The molecular formula is C26H27ClFN5O3. The normalized spacial score (nSPS) is 16.9. The number of benzene rings is 2. The second-order valence-corrected chi connectivity index (χ2v) is 9.32. The van der Waals surface area contributed by atoms with Crippen LogP contribution >= 0.6 is 11.6 Å². The summed E-state index contributed by atoms with van der Waals surface area (Å²) in [4.78, 5) is 25.7. The number of aromatic nitrogens is 3. The molecule has 2 atom stereocenters. The molecule has 10 heteroatoms. The number of ether oxygens (including phenoxy) is 1. The second kappa shape index (κ2) is 10.3. The van der Waals surface area contributed by atoms with Crippen LogP contribution in [0.2, 0.25) is 5.02 Å². The first-order chi connectivity index (χ1) is 17.4. The highest BCUT2D eigenvalue weighted by Crippen LogP contribution is 2.30. The van der Waals surface area contributed by atoms with Gasteiger partial charge < -0.3 is 30.0 Å². The Bertz CT molecular complexity index is 1440. The number of nitrogens with zero attached hydrogens (tertiary/aromatic N) is 2. The smallest absolute Gasteiger partial charge is 0.261 e. The number of aliphatic hydroxyl groups is 1. The topological polar surface area (TPSA) is 106 Å². The van der Waals surface area contributed by atoms with Crippen molar-refractivity contribution in [2.75, 3.05) is 43.1 Å². The molecule has 1 fully saturated rings. The Hall–Kier alpha value is -3.40. The summed E-state index contributed by atoms with van der Waals surface area (Å²) >= 11 is 6.04. The van der Waals surface area contributed by atoms with E-state index in [1.165, 1.54) is 0 Å². The SMILES string of the molecule is Cc1cc(N2CCOC(CF)C2)cc2[nH]c(-c3c(NC[C@@H](O)c4cccc(Cl)c4)cc[nH]c3=O)nc12. The molecule has 2 aromatic heterocycles. The molecule has 0 aliphatic carbocycles. The predicted octanol–water partition coefficient (Wildman–Crippen LogP) is 4.20. The number of imidazole rings is 1. The zero-order valence-electron chi connectivity index (χ0n) is 19.7. The average Bonchev–Trinajstić information content (AvgIpc) is 3.31. The molecule has 188 valence electrons. The molecule has 2 aromatic carbocycles. The number of pyridine rings is 1. The standard InChI is InChI=1S/C26H27ClFN5O3/c1-15-9-18(33-7-8-36-19(12-28)14-33)11-21-24(15)32-25(31-21)23-20(5-6-29-26(23)35)30-13-22(34)16-3-2-4-17(27)10-16/h2-6,9-11,19,22,34H,7-8,12-14H2,1H3,(H,31,32)(H2,29,30,35)/t19?,22-/m1/s1. The van der Waals surface area contributed by atoms with Gasteiger partial charge in [0.05, 0.1) is 29.4 Å². The van der Waals surface area contributed by atoms with E-state index in [0.29, 0.717) is 47.4 Å². The third kappa shape index (κ3) is 4.95. The van der Waals surface area contributed by atoms with Crippen LogP contribution in [0.25, 0.3) is 22.4 Å². The molecule has 4 aromatic rings. The number of hydrogen-bond acceptors (Lipinski definition) is 6. The molecule has 1 saturated heterocycles. The van der Waals surface area contributed by atoms with Crippen molar-refractivity contribution >= 4 is 34.0 Å². The zero-order valence-corrected chi connectivity index (χ0v) is 20.5. The van der Waals surface area contributed by atoms with Crippen LogP contribution in [0.3, 0.4) is 0 Å². The van der Waals surface area contributed by atoms with Gasteiger partial charge >= 0.3 is 0 Å². The number of morpholine rings is 1. The molecular weight excluding hydrogens is 485 g/mol. The minimum atomic E-state index is -0.821. The van der Waals surface area contributed by atoms with Crippen LogP contribution in [0.1, 0.15) is 17.2 Å². The Kier molecular flexibility index (Phi) is 6.95. The Labute approximate surface area is 212 Å². The largest absolute Gasteiger partial charge is 0.387 e. The molecule has 0 radical (unpaired) electrons. The third-order valence-corrected chi connectivity index (χ3v) is 6.59. The number of aromatic amines is 2. The van der Waals surface area contributed by atoms with Gasteiger partial charge in [-0.3, -0.25) is 4.79 Å². The van der Waals surface area contributed by atoms with Crippen LogP contribution in [-0.2, 0) is 4.74 Å². The first-order valence-electron chi connectivity index (χ1n) is 11.7. The van der Waals surface area contributed by atoms with Crippen LogP contribution in [0.5, 0.6) is 0 Å². The quantitative estimate of drug-likeness (QED) is 0.296. The summed E-state index contributed by atoms with van der Waals surface area (Å²) < 4.78 is 18.6. The minimum absolute atomic E-state index is 0.174. The number of aliphatic hydroxyl groups excluding tert-OH is 1. The lowest BCUT2D eigenvalue weighted by Crippen LogP contribution is -2.43. The number of fused-ring (bicyclic) bond motifs is 1. The molecule has 1 aliphatic rings. The number of aryl methyl sites for hydroxylation is 1. The van der Waals surface area contributed by atoms with Gasteiger partial charge in [0, 0.05) is 36.5 Å². The third-order valence-electron chi connectivity index (χ3n) is 6.35. The molecule has 36 heavy (non-hydrogen) atoms. The minimum Gasteiger partial charge on any atom is -0.387 e. The maximum atomic E-state index is 13.2. The second-order valence-electron chi connectivity index (χ2n) is 8.88. The highest BCUT2D eigenvalue weighted by atomic mass is 35.5. The summed E-state index contributed by atoms with van der Waals surface area (Å²) in [5.41, 5.74) is 4.65. The van der Waals surface area contributed by atoms with Gasteiger partial charge in [0.25, 0.3) is 5.56 Å². The highest BCUT2D eigenvalue weighted by Gasteiger charge is 2.22. The van der Waals surface area contributed by atoms with Crippen molar-refractivity contribution in [3.8, 4) is 11.4 Å². The molecule has 5 rings (SSSR count). The summed E-state index contributed by atoms with van der Waals surface area (Å²) in [5, 5.41) is 14.3. The van der Waals surface area contributed by atoms with Gasteiger partial charge in [0.1, 0.15) is 24.2 Å². The van der Waals surface area contributed by atoms with Crippen molar-refractivity contribution < 1.29 is 14.2 Å². The van der Waals surface area contributed by atoms with Crippen molar-refractivity contribution in [1.82, 2.24) is 15.0 Å². The summed E-state index contributed by atoms with van der Waals surface area (Å²) in [5.74, 6) is 0.412. The van der Waals surface area contributed by atoms with Gasteiger partial charge in [0.2, 0.25) is 0 Å². The fraction of sp³-hybridized carbons (Fsp3) is 0.308. The maximum Gasteiger partial charge on any atom is 0.261 e. The lowest BCUT2D eigenvalue weighted by molar-refractivity contribution is 0.0247. The Morgan fingerprint density at radius 2 is 2.19 bits per heavy atom. The Balaban J connectivity index is 1.44. The van der Waals surface area contributed by atoms with Crippen LogP contribution in [0.15, 0.2) is 53.5 Å². The summed E-state index contributed by atoms with van der Waals surface area (Å²) in [6.07, 6.45) is 0.287. The first kappa shape index (κ1) is 24.3. The van der Waals surface area contributed by atoms with E-state index in [4.69, 9.17) is 21.3 Å². The van der Waals surface area contributed by atoms with E-state index >= 15 is 0 Å². The van der Waals surface area contributed by atoms with Gasteiger partial charge in [-0.1, -0.05) is 23.7 Å². The monoisotopic (exact) mass is 511 g/mol. The van der Waals surface area contributed by atoms with E-state index in [2.05, 4.69) is 20.2 Å². The molecule has 0 amide bonds. The van der Waals surface area contributed by atoms with Gasteiger partial charge in [0.15, 0.2) is 0 Å². The first-order valence-corrected chi connectivity index (χ1v) is 12.1. The number of halogens is 2. The van der Waals surface area contributed by atoms with Gasteiger partial charge in [-0.15, -0.1) is 0 Å². The molecule has 1 aliphatic heterocycles. The van der Waals surface area contributed by atoms with Gasteiger partial charge in [-0.25, -0.2) is 9.37 Å². The molecule has 1 unspecified atom stereocenters. The van der Waals surface area contributed by atoms with Crippen LogP contribution in [0.4, 0.5) is 15.8 Å². The lowest BCUT2D eigenvalue weighted by Gasteiger charge is -2.33. The molecule has 0 bridgehead atoms. The van der Waals surface area contributed by atoms with Gasteiger partial charge in [-0.2, -0.15) is 0 Å². The van der Waals surface area contributed by atoms with E-state index in [1.54, 1.807) is 36.5 Å². The molecule has 0 saturated carbocycles. The van der Waals surface area contributed by atoms with Crippen molar-refractivity contribution in [3.05, 3.63) is 75.2 Å². The Morgan fingerprint density at radius 1 is 1.33 bits per heavy atom. The van der Waals surface area contributed by atoms with E-state index < -0.39 is 18.9 Å². The molecule has 3 heterocycles. The number of rotatable bonds is 7. The van der Waals surface area contributed by atoms with E-state index in [1.807, 2.05) is 19.1 Å². The number of hydrogen-bond donors (Lipinski definition) is 4. The highest BCUT2D eigenvalue weighted by molar-refractivity contribution is 6.30. The fourth-order valence-corrected chi connectivity index (χ4v) is 4.72. The number of nitrogens with one attached hydrogen (secondary N) is 3. The van der Waals surface area contributed by atoms with E-state index in [-0.39, 0.29) is 12.1 Å². The zero-order chi connectivity index (χ0) is 25.2. The predicted molar refractivity (Wildman–Crippen MR) is 140 cm³/mol. The van der Waals surface area contributed by atoms with E-state index in [9.17, 15) is 14.3 Å². The summed E-state index contributed by atoms with van der Waals surface area (Å²) in [6.45, 7) is 3.22. The molecule has 0 spiro atoms. The van der Waals surface area contributed by atoms with E-state index in [0.717, 1.165) is 22.3 Å². The molecule has 8 nitrogen and oxygen atoms in total. The Morgan fingerprint density at radius 3 is 3.00 bits per heavy atom. The number of alkyl halides is 1. The van der Waals surface area contributed by atoms with Crippen molar-refractivity contribution in [2.24, 2.45) is 0 Å². The van der Waals surface area contributed by atoms with Crippen molar-refractivity contribution in [3.63, 3.8) is 0 Å². The maximum absolute atomic E-state index is 13.2. The summed E-state index contributed by atoms with van der Waals surface area (Å²) in [6, 6.07) is 12.7. The van der Waals surface area contributed by atoms with Crippen molar-refractivity contribution in [2.45, 2.75) is 19.1 Å².